The third kappa shape index (κ3) is 2.81. The number of H-pyrrole nitrogens is 1. The molecule has 3 heterocycles. The highest BCUT2D eigenvalue weighted by atomic mass is 15.3. The molecule has 1 aromatic carbocycles. The molecule has 3 N–H and O–H groups in total. The molecule has 0 bridgehead atoms. The summed E-state index contributed by atoms with van der Waals surface area (Å²) < 4.78 is 0. The molecule has 6 heteroatoms. The van der Waals surface area contributed by atoms with Gasteiger partial charge in [0.15, 0.2) is 0 Å². The minimum atomic E-state index is 0.178. The molecule has 4 rings (SSSR count). The third-order valence-corrected chi connectivity index (χ3v) is 5.11. The lowest BCUT2D eigenvalue weighted by molar-refractivity contribution is 0.463. The molecule has 1 saturated heterocycles. The first-order chi connectivity index (χ1) is 12.1. The van der Waals surface area contributed by atoms with Crippen molar-refractivity contribution in [1.29, 1.82) is 0 Å². The van der Waals surface area contributed by atoms with Gasteiger partial charge >= 0.3 is 0 Å². The van der Waals surface area contributed by atoms with Crippen molar-refractivity contribution in [3.05, 3.63) is 42.0 Å². The molecule has 1 fully saturated rings. The van der Waals surface area contributed by atoms with Crippen LogP contribution in [0, 0.1) is 0 Å². The van der Waals surface area contributed by atoms with Crippen molar-refractivity contribution in [1.82, 2.24) is 20.2 Å². The average molecular weight is 336 g/mol. The van der Waals surface area contributed by atoms with Gasteiger partial charge in [-0.3, -0.25) is 5.10 Å². The van der Waals surface area contributed by atoms with Crippen molar-refractivity contribution in [2.45, 2.75) is 45.1 Å². The van der Waals surface area contributed by atoms with Gasteiger partial charge in [-0.05, 0) is 42.9 Å². The maximum absolute atomic E-state index is 6.14. The predicted molar refractivity (Wildman–Crippen MR) is 101 cm³/mol. The van der Waals surface area contributed by atoms with Gasteiger partial charge < -0.3 is 10.6 Å². The highest BCUT2D eigenvalue weighted by molar-refractivity contribution is 5.90. The van der Waals surface area contributed by atoms with E-state index in [2.05, 4.69) is 57.1 Å². The Kier molecular flexibility index (Phi) is 4.03. The van der Waals surface area contributed by atoms with E-state index in [1.165, 1.54) is 12.0 Å². The Morgan fingerprint density at radius 2 is 2.12 bits per heavy atom. The number of aromatic nitrogens is 4. The fraction of sp³-hybridized carbons (Fsp3) is 0.421. The van der Waals surface area contributed by atoms with Crippen molar-refractivity contribution in [2.24, 2.45) is 0 Å². The number of nitrogen functional groups attached to an aromatic ring is 1. The lowest BCUT2D eigenvalue weighted by Crippen LogP contribution is -2.34. The highest BCUT2D eigenvalue weighted by Crippen LogP contribution is 2.38. The quantitative estimate of drug-likeness (QED) is 0.760. The first kappa shape index (κ1) is 15.9. The molecule has 0 amide bonds. The second-order valence-electron chi connectivity index (χ2n) is 7.07. The molecule has 1 aliphatic heterocycles. The molecule has 25 heavy (non-hydrogen) atoms. The Bertz CT molecular complexity index is 885. The van der Waals surface area contributed by atoms with Gasteiger partial charge in [-0.2, -0.15) is 5.10 Å². The Hall–Kier alpha value is -2.63. The average Bonchev–Trinajstić information content (AvgIpc) is 3.06. The van der Waals surface area contributed by atoms with Crippen LogP contribution in [0.5, 0.6) is 0 Å². The second kappa shape index (κ2) is 6.35. The largest absolute Gasteiger partial charge is 0.396 e. The van der Waals surface area contributed by atoms with Crippen LogP contribution in [0.3, 0.4) is 0 Å². The zero-order valence-electron chi connectivity index (χ0n) is 14.7. The van der Waals surface area contributed by atoms with Crippen LogP contribution in [0.1, 0.15) is 56.3 Å². The van der Waals surface area contributed by atoms with Crippen LogP contribution in [0.4, 0.5) is 11.5 Å². The molecule has 1 unspecified atom stereocenters. The number of benzene rings is 1. The van der Waals surface area contributed by atoms with Crippen LogP contribution < -0.4 is 10.6 Å². The number of anilines is 2. The smallest absolute Gasteiger partial charge is 0.140 e. The molecule has 2 aromatic heterocycles. The number of hydrogen-bond donors (Lipinski definition) is 2. The van der Waals surface area contributed by atoms with E-state index in [1.807, 2.05) is 0 Å². The van der Waals surface area contributed by atoms with Gasteiger partial charge in [-0.1, -0.05) is 19.9 Å². The van der Waals surface area contributed by atoms with E-state index in [4.69, 9.17) is 5.73 Å². The number of nitrogens with two attached hydrogens (primary N) is 1. The maximum Gasteiger partial charge on any atom is 0.140 e. The Balaban J connectivity index is 1.84. The molecule has 0 spiro atoms. The first-order valence-electron chi connectivity index (χ1n) is 8.95. The zero-order chi connectivity index (χ0) is 17.4. The zero-order valence-corrected chi connectivity index (χ0v) is 14.7. The maximum atomic E-state index is 6.14. The SMILES string of the molecule is CC(C)c1ccc2ncnc(N3CCCCC3c3[nH]ncc3N)c2c1. The summed E-state index contributed by atoms with van der Waals surface area (Å²) in [4.78, 5) is 11.5. The second-order valence-corrected chi connectivity index (χ2v) is 7.07. The number of nitrogens with one attached hydrogen (secondary N) is 1. The number of rotatable bonds is 3. The molecule has 3 aromatic rings. The summed E-state index contributed by atoms with van der Waals surface area (Å²) in [5.41, 5.74) is 10.1. The van der Waals surface area contributed by atoms with Gasteiger partial charge in [0, 0.05) is 11.9 Å². The van der Waals surface area contributed by atoms with E-state index in [9.17, 15) is 0 Å². The summed E-state index contributed by atoms with van der Waals surface area (Å²) in [6.07, 6.45) is 6.73. The number of fused-ring (bicyclic) bond motifs is 1. The monoisotopic (exact) mass is 336 g/mol. The Morgan fingerprint density at radius 3 is 2.88 bits per heavy atom. The van der Waals surface area contributed by atoms with Crippen molar-refractivity contribution in [3.63, 3.8) is 0 Å². The summed E-state index contributed by atoms with van der Waals surface area (Å²) >= 11 is 0. The molecule has 0 radical (unpaired) electrons. The van der Waals surface area contributed by atoms with Crippen molar-refractivity contribution >= 4 is 22.4 Å². The van der Waals surface area contributed by atoms with E-state index in [0.29, 0.717) is 5.92 Å². The molecular formula is C19H24N6. The molecule has 0 aliphatic carbocycles. The highest BCUT2D eigenvalue weighted by Gasteiger charge is 2.29. The fourth-order valence-corrected chi connectivity index (χ4v) is 3.71. The van der Waals surface area contributed by atoms with Crippen LogP contribution in [0.25, 0.3) is 10.9 Å². The van der Waals surface area contributed by atoms with Crippen molar-refractivity contribution in [2.75, 3.05) is 17.2 Å². The predicted octanol–water partition coefficient (Wildman–Crippen LogP) is 3.79. The number of piperidine rings is 1. The van der Waals surface area contributed by atoms with Crippen LogP contribution >= 0.6 is 0 Å². The molecule has 6 nitrogen and oxygen atoms in total. The Labute approximate surface area is 147 Å². The van der Waals surface area contributed by atoms with Gasteiger partial charge in [0.05, 0.1) is 29.1 Å². The summed E-state index contributed by atoms with van der Waals surface area (Å²) in [7, 11) is 0. The first-order valence-corrected chi connectivity index (χ1v) is 8.95. The van der Waals surface area contributed by atoms with Gasteiger partial charge in [0.2, 0.25) is 0 Å². The molecule has 1 atom stereocenters. The van der Waals surface area contributed by atoms with E-state index in [0.717, 1.165) is 47.5 Å². The minimum Gasteiger partial charge on any atom is -0.396 e. The van der Waals surface area contributed by atoms with E-state index < -0.39 is 0 Å². The molecule has 130 valence electrons. The van der Waals surface area contributed by atoms with Crippen molar-refractivity contribution < 1.29 is 0 Å². The molecule has 0 saturated carbocycles. The Morgan fingerprint density at radius 1 is 1.24 bits per heavy atom. The van der Waals surface area contributed by atoms with Gasteiger partial charge in [-0.25, -0.2) is 9.97 Å². The number of hydrogen-bond acceptors (Lipinski definition) is 5. The van der Waals surface area contributed by atoms with Crippen LogP contribution in [0.15, 0.2) is 30.7 Å². The van der Waals surface area contributed by atoms with Crippen LogP contribution in [-0.2, 0) is 0 Å². The summed E-state index contributed by atoms with van der Waals surface area (Å²) in [5, 5.41) is 8.32. The number of aromatic amines is 1. The standard InChI is InChI=1S/C19H24N6/c1-12(2)13-6-7-16-14(9-13)19(22-11-21-16)25-8-4-3-5-17(25)18-15(20)10-23-24-18/h6-7,9-12,17H,3-5,8,20H2,1-2H3,(H,23,24). The van der Waals surface area contributed by atoms with Crippen molar-refractivity contribution in [3.8, 4) is 0 Å². The minimum absolute atomic E-state index is 0.178. The fourth-order valence-electron chi connectivity index (χ4n) is 3.71. The van der Waals surface area contributed by atoms with Gasteiger partial charge in [-0.15, -0.1) is 0 Å². The lowest BCUT2D eigenvalue weighted by Gasteiger charge is -2.36. The summed E-state index contributed by atoms with van der Waals surface area (Å²) in [6, 6.07) is 6.66. The van der Waals surface area contributed by atoms with Crippen LogP contribution in [-0.4, -0.2) is 26.7 Å². The lowest BCUT2D eigenvalue weighted by atomic mass is 9.97. The summed E-state index contributed by atoms with van der Waals surface area (Å²) in [6.45, 7) is 5.38. The van der Waals surface area contributed by atoms with E-state index in [-0.39, 0.29) is 6.04 Å². The summed E-state index contributed by atoms with van der Waals surface area (Å²) in [5.74, 6) is 1.46. The molecule has 1 aliphatic rings. The third-order valence-electron chi connectivity index (χ3n) is 5.11. The molecular weight excluding hydrogens is 312 g/mol. The van der Waals surface area contributed by atoms with Crippen LogP contribution in [0.2, 0.25) is 0 Å². The van der Waals surface area contributed by atoms with Gasteiger partial charge in [0.1, 0.15) is 12.1 Å². The topological polar surface area (TPSA) is 83.7 Å². The normalized spacial score (nSPS) is 18.2. The number of nitrogens with zero attached hydrogens (tertiary/aromatic N) is 4. The van der Waals surface area contributed by atoms with E-state index >= 15 is 0 Å². The van der Waals surface area contributed by atoms with Gasteiger partial charge in [0.25, 0.3) is 0 Å². The van der Waals surface area contributed by atoms with E-state index in [1.54, 1.807) is 12.5 Å².